The Hall–Kier alpha value is -0.710. The summed E-state index contributed by atoms with van der Waals surface area (Å²) in [7, 11) is 0. The summed E-state index contributed by atoms with van der Waals surface area (Å²) in [4.78, 5) is 0. The van der Waals surface area contributed by atoms with Crippen LogP contribution >= 0.6 is 31.9 Å². The lowest BCUT2D eigenvalue weighted by molar-refractivity contribution is 0.624. The Labute approximate surface area is 122 Å². The third kappa shape index (κ3) is 3.40. The number of rotatable bonds is 3. The van der Waals surface area contributed by atoms with Crippen molar-refractivity contribution in [3.8, 4) is 0 Å². The van der Waals surface area contributed by atoms with E-state index in [1.807, 2.05) is 24.3 Å². The molecule has 0 aliphatic rings. The normalized spacial score (nSPS) is 12.4. The Morgan fingerprint density at radius 2 is 1.89 bits per heavy atom. The standard InChI is InChI=1S/C14H12Br2FN/c15-11-3-1-2-10(6-11)14(18)7-9-4-5-12(17)8-13(9)16/h1-6,8,14H,7,18H2. The fourth-order valence-electron chi connectivity index (χ4n) is 1.78. The minimum absolute atomic E-state index is 0.107. The van der Waals surface area contributed by atoms with Gasteiger partial charge in [-0.15, -0.1) is 0 Å². The van der Waals surface area contributed by atoms with Crippen LogP contribution in [0.3, 0.4) is 0 Å². The summed E-state index contributed by atoms with van der Waals surface area (Å²) in [6.07, 6.45) is 0.664. The van der Waals surface area contributed by atoms with Gasteiger partial charge in [-0.1, -0.05) is 50.1 Å². The molecule has 4 heteroatoms. The molecule has 2 rings (SSSR count). The van der Waals surface area contributed by atoms with Crippen LogP contribution in [0.25, 0.3) is 0 Å². The summed E-state index contributed by atoms with van der Waals surface area (Å²) in [5.41, 5.74) is 8.23. The van der Waals surface area contributed by atoms with Crippen LogP contribution in [0.4, 0.5) is 4.39 Å². The van der Waals surface area contributed by atoms with Gasteiger partial charge in [0.25, 0.3) is 0 Å². The van der Waals surface area contributed by atoms with E-state index in [0.717, 1.165) is 20.1 Å². The second-order valence-electron chi connectivity index (χ2n) is 4.10. The number of hydrogen-bond donors (Lipinski definition) is 1. The van der Waals surface area contributed by atoms with Crippen molar-refractivity contribution in [2.75, 3.05) is 0 Å². The van der Waals surface area contributed by atoms with E-state index in [2.05, 4.69) is 31.9 Å². The van der Waals surface area contributed by atoms with Crippen molar-refractivity contribution < 1.29 is 4.39 Å². The van der Waals surface area contributed by atoms with Crippen molar-refractivity contribution in [3.63, 3.8) is 0 Å². The van der Waals surface area contributed by atoms with Gasteiger partial charge in [-0.3, -0.25) is 0 Å². The third-order valence-electron chi connectivity index (χ3n) is 2.73. The monoisotopic (exact) mass is 371 g/mol. The third-order valence-corrected chi connectivity index (χ3v) is 3.96. The molecule has 0 bridgehead atoms. The SMILES string of the molecule is NC(Cc1ccc(F)cc1Br)c1cccc(Br)c1. The average Bonchev–Trinajstić information content (AvgIpc) is 2.32. The van der Waals surface area contributed by atoms with Crippen molar-refractivity contribution in [3.05, 3.63) is 68.4 Å². The lowest BCUT2D eigenvalue weighted by atomic mass is 10.00. The van der Waals surface area contributed by atoms with E-state index in [9.17, 15) is 4.39 Å². The van der Waals surface area contributed by atoms with Crippen molar-refractivity contribution in [1.29, 1.82) is 0 Å². The first kappa shape index (κ1) is 13.7. The minimum atomic E-state index is -0.248. The maximum absolute atomic E-state index is 13.0. The summed E-state index contributed by atoms with van der Waals surface area (Å²) in [5.74, 6) is -0.248. The van der Waals surface area contributed by atoms with Gasteiger partial charge in [-0.05, 0) is 41.8 Å². The second-order valence-corrected chi connectivity index (χ2v) is 5.87. The predicted molar refractivity (Wildman–Crippen MR) is 78.9 cm³/mol. The van der Waals surface area contributed by atoms with Crippen LogP contribution in [0.5, 0.6) is 0 Å². The van der Waals surface area contributed by atoms with Gasteiger partial charge in [0.2, 0.25) is 0 Å². The quantitative estimate of drug-likeness (QED) is 0.837. The van der Waals surface area contributed by atoms with Crippen LogP contribution in [-0.2, 0) is 6.42 Å². The smallest absolute Gasteiger partial charge is 0.124 e. The highest BCUT2D eigenvalue weighted by atomic mass is 79.9. The topological polar surface area (TPSA) is 26.0 Å². The molecule has 18 heavy (non-hydrogen) atoms. The van der Waals surface area contributed by atoms with E-state index in [1.165, 1.54) is 12.1 Å². The molecule has 0 aromatic heterocycles. The highest BCUT2D eigenvalue weighted by Gasteiger charge is 2.10. The van der Waals surface area contributed by atoms with Gasteiger partial charge in [-0.2, -0.15) is 0 Å². The van der Waals surface area contributed by atoms with Crippen LogP contribution in [0.15, 0.2) is 51.4 Å². The molecule has 1 unspecified atom stereocenters. The van der Waals surface area contributed by atoms with Crippen LogP contribution in [-0.4, -0.2) is 0 Å². The lowest BCUT2D eigenvalue weighted by Crippen LogP contribution is -2.13. The zero-order valence-corrected chi connectivity index (χ0v) is 12.7. The molecule has 2 N–H and O–H groups in total. The Balaban J connectivity index is 2.18. The molecule has 2 aromatic carbocycles. The van der Waals surface area contributed by atoms with E-state index in [-0.39, 0.29) is 11.9 Å². The highest BCUT2D eigenvalue weighted by Crippen LogP contribution is 2.24. The summed E-state index contributed by atoms with van der Waals surface area (Å²) >= 11 is 6.78. The molecule has 0 amide bonds. The molecular formula is C14H12Br2FN. The van der Waals surface area contributed by atoms with Gasteiger partial charge in [0.05, 0.1) is 0 Å². The number of benzene rings is 2. The first-order valence-corrected chi connectivity index (χ1v) is 7.10. The van der Waals surface area contributed by atoms with E-state index < -0.39 is 0 Å². The molecule has 1 atom stereocenters. The largest absolute Gasteiger partial charge is 0.324 e. The van der Waals surface area contributed by atoms with Gasteiger partial charge in [0, 0.05) is 15.0 Å². The highest BCUT2D eigenvalue weighted by molar-refractivity contribution is 9.10. The Morgan fingerprint density at radius 3 is 2.56 bits per heavy atom. The van der Waals surface area contributed by atoms with Crippen LogP contribution in [0, 0.1) is 5.82 Å². The van der Waals surface area contributed by atoms with Crippen molar-refractivity contribution in [2.24, 2.45) is 5.73 Å². The molecule has 94 valence electrons. The maximum Gasteiger partial charge on any atom is 0.124 e. The van der Waals surface area contributed by atoms with Gasteiger partial charge in [0.15, 0.2) is 0 Å². The predicted octanol–water partition coefficient (Wildman–Crippen LogP) is 4.59. The summed E-state index contributed by atoms with van der Waals surface area (Å²) in [5, 5.41) is 0. The lowest BCUT2D eigenvalue weighted by Gasteiger charge is -2.13. The molecule has 0 spiro atoms. The number of hydrogen-bond acceptors (Lipinski definition) is 1. The fourth-order valence-corrected chi connectivity index (χ4v) is 2.71. The maximum atomic E-state index is 13.0. The molecule has 0 heterocycles. The van der Waals surface area contributed by atoms with Crippen molar-refractivity contribution in [2.45, 2.75) is 12.5 Å². The summed E-state index contributed by atoms with van der Waals surface area (Å²) < 4.78 is 14.8. The molecular weight excluding hydrogens is 361 g/mol. The molecule has 1 nitrogen and oxygen atoms in total. The first-order chi connectivity index (χ1) is 8.56. The molecule has 0 aliphatic heterocycles. The van der Waals surface area contributed by atoms with E-state index in [1.54, 1.807) is 6.07 Å². The van der Waals surface area contributed by atoms with Gasteiger partial charge in [0.1, 0.15) is 5.82 Å². The zero-order valence-electron chi connectivity index (χ0n) is 9.54. The van der Waals surface area contributed by atoms with Crippen molar-refractivity contribution in [1.82, 2.24) is 0 Å². The van der Waals surface area contributed by atoms with E-state index >= 15 is 0 Å². The Bertz CT molecular complexity index is 557. The fraction of sp³-hybridized carbons (Fsp3) is 0.143. The molecule has 0 saturated carbocycles. The minimum Gasteiger partial charge on any atom is -0.324 e. The molecule has 0 aliphatic carbocycles. The molecule has 0 saturated heterocycles. The van der Waals surface area contributed by atoms with Crippen molar-refractivity contribution >= 4 is 31.9 Å². The zero-order chi connectivity index (χ0) is 13.1. The summed E-state index contributed by atoms with van der Waals surface area (Å²) in [6, 6.07) is 12.5. The van der Waals surface area contributed by atoms with Crippen LogP contribution < -0.4 is 5.73 Å². The van der Waals surface area contributed by atoms with Gasteiger partial charge < -0.3 is 5.73 Å². The molecule has 2 aromatic rings. The van der Waals surface area contributed by atoms with Crippen LogP contribution in [0.1, 0.15) is 17.2 Å². The van der Waals surface area contributed by atoms with Crippen LogP contribution in [0.2, 0.25) is 0 Å². The summed E-state index contributed by atoms with van der Waals surface area (Å²) in [6.45, 7) is 0. The second kappa shape index (κ2) is 5.95. The molecule has 0 fully saturated rings. The van der Waals surface area contributed by atoms with Gasteiger partial charge in [-0.25, -0.2) is 4.39 Å². The van der Waals surface area contributed by atoms with Gasteiger partial charge >= 0.3 is 0 Å². The number of nitrogens with two attached hydrogens (primary N) is 1. The van der Waals surface area contributed by atoms with E-state index in [0.29, 0.717) is 6.42 Å². The average molecular weight is 373 g/mol. The first-order valence-electron chi connectivity index (χ1n) is 5.51. The number of halogens is 3. The molecule has 0 radical (unpaired) electrons. The Kier molecular flexibility index (Phi) is 4.54. The van der Waals surface area contributed by atoms with E-state index in [4.69, 9.17) is 5.73 Å². The Morgan fingerprint density at radius 1 is 1.11 bits per heavy atom.